The van der Waals surface area contributed by atoms with Crippen molar-refractivity contribution in [2.75, 3.05) is 51.3 Å². The van der Waals surface area contributed by atoms with Crippen molar-refractivity contribution in [2.45, 2.75) is 18.9 Å². The summed E-state index contributed by atoms with van der Waals surface area (Å²) in [7, 11) is 2.05. The summed E-state index contributed by atoms with van der Waals surface area (Å²) in [6.45, 7) is 6.77. The van der Waals surface area contributed by atoms with Gasteiger partial charge in [0, 0.05) is 49.9 Å². The number of likely N-dealkylation sites (tertiary alicyclic amines) is 1. The van der Waals surface area contributed by atoms with E-state index in [1.165, 1.54) is 24.5 Å². The molecule has 0 radical (unpaired) electrons. The molecule has 2 saturated heterocycles. The quantitative estimate of drug-likeness (QED) is 0.314. The fourth-order valence-electron chi connectivity index (χ4n) is 5.58. The Kier molecular flexibility index (Phi) is 7.53. The first-order valence-electron chi connectivity index (χ1n) is 13.6. The molecule has 216 valence electrons. The van der Waals surface area contributed by atoms with Crippen LogP contribution in [0.15, 0.2) is 37.2 Å². The fourth-order valence-corrected chi connectivity index (χ4v) is 5.78. The van der Waals surface area contributed by atoms with Crippen LogP contribution in [0.25, 0.3) is 21.8 Å². The first-order valence-corrected chi connectivity index (χ1v) is 14.0. The van der Waals surface area contributed by atoms with Gasteiger partial charge in [-0.2, -0.15) is 10.4 Å². The molecule has 0 saturated carbocycles. The number of nitrogens with one attached hydrogen (secondary N) is 1. The van der Waals surface area contributed by atoms with Gasteiger partial charge in [-0.3, -0.25) is 9.89 Å². The highest BCUT2D eigenvalue weighted by Gasteiger charge is 2.29. The molecule has 0 bridgehead atoms. The van der Waals surface area contributed by atoms with Crippen molar-refractivity contribution in [1.82, 2.24) is 30.0 Å². The number of benzene rings is 1. The number of fused-ring (bicyclic) bond motifs is 2. The molecule has 5 heterocycles. The van der Waals surface area contributed by atoms with Gasteiger partial charge in [-0.1, -0.05) is 18.2 Å². The largest absolute Gasteiger partial charge is 0.475 e. The van der Waals surface area contributed by atoms with Gasteiger partial charge in [-0.25, -0.2) is 14.4 Å². The maximum Gasteiger partial charge on any atom is 0.246 e. The van der Waals surface area contributed by atoms with Crippen molar-refractivity contribution in [3.05, 3.63) is 53.6 Å². The van der Waals surface area contributed by atoms with E-state index in [0.29, 0.717) is 60.3 Å². The van der Waals surface area contributed by atoms with Crippen molar-refractivity contribution in [1.29, 1.82) is 5.26 Å². The van der Waals surface area contributed by atoms with Crippen molar-refractivity contribution < 1.29 is 18.7 Å². The Balaban J connectivity index is 1.47. The molecule has 11 nitrogen and oxygen atoms in total. The van der Waals surface area contributed by atoms with Crippen LogP contribution in [0.1, 0.15) is 18.4 Å². The maximum atomic E-state index is 14.7. The molecule has 42 heavy (non-hydrogen) atoms. The lowest BCUT2D eigenvalue weighted by atomic mass is 10.1. The summed E-state index contributed by atoms with van der Waals surface area (Å²) in [6.07, 6.45) is 6.37. The van der Waals surface area contributed by atoms with Crippen LogP contribution in [0.2, 0.25) is 5.02 Å². The molecule has 2 fully saturated rings. The summed E-state index contributed by atoms with van der Waals surface area (Å²) in [6, 6.07) is 5.49. The molecule has 1 aromatic carbocycles. The van der Waals surface area contributed by atoms with Crippen LogP contribution < -0.4 is 14.4 Å². The van der Waals surface area contributed by atoms with Gasteiger partial charge in [-0.15, -0.1) is 0 Å². The van der Waals surface area contributed by atoms with Gasteiger partial charge in [0.25, 0.3) is 0 Å². The zero-order valence-corrected chi connectivity index (χ0v) is 23.7. The van der Waals surface area contributed by atoms with Gasteiger partial charge in [-0.05, 0) is 38.6 Å². The number of amides is 1. The third kappa shape index (κ3) is 4.95. The Labute approximate surface area is 246 Å². The van der Waals surface area contributed by atoms with Crippen LogP contribution in [0.3, 0.4) is 0 Å². The SMILES string of the molecule is C=CC(=O)N1CCN(c2c(C#N)c(OC[C@@H]3CCCN3C)nc3c(Oc4c(Cl)c(F)cc5[nH]ncc45)nccc23)CC1. The summed E-state index contributed by atoms with van der Waals surface area (Å²) in [5.74, 6) is -0.560. The Bertz CT molecular complexity index is 1730. The zero-order valence-electron chi connectivity index (χ0n) is 22.9. The molecule has 3 aromatic heterocycles. The van der Waals surface area contributed by atoms with E-state index in [2.05, 4.69) is 32.7 Å². The molecule has 1 amide bonds. The van der Waals surface area contributed by atoms with Crippen molar-refractivity contribution in [2.24, 2.45) is 0 Å². The molecule has 13 heteroatoms. The topological polar surface area (TPSA) is 124 Å². The van der Waals surface area contributed by atoms with Gasteiger partial charge in [0.2, 0.25) is 17.7 Å². The molecule has 1 N–H and O–H groups in total. The lowest BCUT2D eigenvalue weighted by Gasteiger charge is -2.36. The van der Waals surface area contributed by atoms with Gasteiger partial charge in [0.1, 0.15) is 34.6 Å². The number of halogens is 2. The molecule has 6 rings (SSSR count). The molecule has 0 spiro atoms. The smallest absolute Gasteiger partial charge is 0.246 e. The second kappa shape index (κ2) is 11.4. The Morgan fingerprint density at radius 3 is 2.81 bits per heavy atom. The Morgan fingerprint density at radius 1 is 1.29 bits per heavy atom. The zero-order chi connectivity index (χ0) is 29.4. The van der Waals surface area contributed by atoms with Crippen LogP contribution in [0, 0.1) is 17.1 Å². The van der Waals surface area contributed by atoms with Crippen LogP contribution in [0.5, 0.6) is 17.5 Å². The number of hydrogen-bond acceptors (Lipinski definition) is 9. The number of H-pyrrole nitrogens is 1. The third-order valence-corrected chi connectivity index (χ3v) is 8.23. The van der Waals surface area contributed by atoms with E-state index < -0.39 is 5.82 Å². The van der Waals surface area contributed by atoms with Crippen LogP contribution in [0.4, 0.5) is 10.1 Å². The van der Waals surface area contributed by atoms with Crippen molar-refractivity contribution in [3.63, 3.8) is 0 Å². The minimum absolute atomic E-state index is 0.0414. The van der Waals surface area contributed by atoms with E-state index in [9.17, 15) is 14.4 Å². The van der Waals surface area contributed by atoms with Crippen LogP contribution >= 0.6 is 11.6 Å². The molecular formula is C29H28ClFN8O3. The van der Waals surface area contributed by atoms with E-state index in [0.717, 1.165) is 19.4 Å². The molecule has 1 atom stereocenters. The van der Waals surface area contributed by atoms with Crippen molar-refractivity contribution in [3.8, 4) is 23.6 Å². The van der Waals surface area contributed by atoms with Gasteiger partial charge in [0.15, 0.2) is 5.75 Å². The van der Waals surface area contributed by atoms with E-state index >= 15 is 0 Å². The van der Waals surface area contributed by atoms with Gasteiger partial charge >= 0.3 is 0 Å². The maximum absolute atomic E-state index is 14.7. The number of anilines is 1. The number of ether oxygens (including phenoxy) is 2. The van der Waals surface area contributed by atoms with E-state index in [4.69, 9.17) is 26.1 Å². The number of carbonyl (C=O) groups excluding carboxylic acids is 1. The lowest BCUT2D eigenvalue weighted by molar-refractivity contribution is -0.126. The summed E-state index contributed by atoms with van der Waals surface area (Å²) in [5, 5.41) is 17.9. The average Bonchev–Trinajstić information content (AvgIpc) is 3.65. The number of hydrogen-bond donors (Lipinski definition) is 1. The number of piperazine rings is 1. The molecule has 2 aliphatic rings. The standard InChI is InChI=1S/C29H28ClFN8O3/c1-3-23(40)38-9-11-39(12-10-38)26-18-6-7-33-29(42-27-20-15-34-36-22(20)13-21(31)24(27)30)25(18)35-28(19(26)14-32)41-16-17-5-4-8-37(17)2/h3,6-7,13,15,17H,1,4-5,8-12,16H2,2H3,(H,34,36)/t17-/m0/s1. The number of pyridine rings is 2. The molecule has 4 aromatic rings. The van der Waals surface area contributed by atoms with Gasteiger partial charge in [0.05, 0.1) is 22.8 Å². The predicted octanol–water partition coefficient (Wildman–Crippen LogP) is 4.27. The molecular weight excluding hydrogens is 563 g/mol. The van der Waals surface area contributed by atoms with Gasteiger partial charge < -0.3 is 24.2 Å². The molecule has 2 aliphatic heterocycles. The van der Waals surface area contributed by atoms with E-state index in [1.807, 2.05) is 11.9 Å². The second-order valence-corrected chi connectivity index (χ2v) is 10.7. The van der Waals surface area contributed by atoms with Crippen molar-refractivity contribution >= 4 is 45.0 Å². The number of aromatic nitrogens is 4. The Hall–Kier alpha value is -4.47. The predicted molar refractivity (Wildman–Crippen MR) is 156 cm³/mol. The normalized spacial score (nSPS) is 17.5. The number of likely N-dealkylation sites (N-methyl/N-ethyl adjacent to an activating group) is 1. The number of nitrogens with zero attached hydrogens (tertiary/aromatic N) is 7. The van der Waals surface area contributed by atoms with Crippen LogP contribution in [-0.2, 0) is 4.79 Å². The molecule has 0 aliphatic carbocycles. The lowest BCUT2D eigenvalue weighted by Crippen LogP contribution is -2.48. The number of nitriles is 1. The number of rotatable bonds is 7. The summed E-state index contributed by atoms with van der Waals surface area (Å²) in [4.78, 5) is 27.4. The summed E-state index contributed by atoms with van der Waals surface area (Å²) in [5.41, 5.74) is 1.62. The fraction of sp³-hybridized carbons (Fsp3) is 0.345. The van der Waals surface area contributed by atoms with E-state index in [1.54, 1.807) is 11.0 Å². The van der Waals surface area contributed by atoms with Crippen LogP contribution in [-0.4, -0.2) is 88.3 Å². The second-order valence-electron chi connectivity index (χ2n) is 10.3. The average molecular weight is 591 g/mol. The highest BCUT2D eigenvalue weighted by atomic mass is 35.5. The first-order chi connectivity index (χ1) is 20.4. The summed E-state index contributed by atoms with van der Waals surface area (Å²) >= 11 is 6.34. The minimum atomic E-state index is -0.680. The highest BCUT2D eigenvalue weighted by molar-refractivity contribution is 6.33. The first kappa shape index (κ1) is 27.7. The van der Waals surface area contributed by atoms with E-state index in [-0.39, 0.29) is 40.0 Å². The monoisotopic (exact) mass is 590 g/mol. The number of carbonyl (C=O) groups is 1. The third-order valence-electron chi connectivity index (χ3n) is 7.88. The highest BCUT2D eigenvalue weighted by Crippen LogP contribution is 2.42. The summed E-state index contributed by atoms with van der Waals surface area (Å²) < 4.78 is 27.1. The molecule has 0 unspecified atom stereocenters. The minimum Gasteiger partial charge on any atom is -0.475 e. The Morgan fingerprint density at radius 2 is 2.10 bits per heavy atom. The number of aromatic amines is 1.